The second kappa shape index (κ2) is 12.1. The molecule has 1 saturated heterocycles. The monoisotopic (exact) mass is 497 g/mol. The van der Waals surface area contributed by atoms with Crippen LogP contribution in [0.5, 0.6) is 5.75 Å². The van der Waals surface area contributed by atoms with Crippen LogP contribution in [0.4, 0.5) is 5.69 Å². The van der Waals surface area contributed by atoms with Gasteiger partial charge in [0.15, 0.2) is 0 Å². The third-order valence-electron chi connectivity index (χ3n) is 5.47. The van der Waals surface area contributed by atoms with E-state index in [0.29, 0.717) is 0 Å². The van der Waals surface area contributed by atoms with E-state index >= 15 is 0 Å². The van der Waals surface area contributed by atoms with Gasteiger partial charge in [0, 0.05) is 38.3 Å². The first-order valence-corrected chi connectivity index (χ1v) is 11.0. The minimum absolute atomic E-state index is 0. The van der Waals surface area contributed by atoms with Gasteiger partial charge in [0.1, 0.15) is 12.3 Å². The van der Waals surface area contributed by atoms with Crippen molar-refractivity contribution < 1.29 is 9.53 Å². The molecule has 3 aromatic rings. The fourth-order valence-electron chi connectivity index (χ4n) is 3.96. The molecule has 1 fully saturated rings. The van der Waals surface area contributed by atoms with Gasteiger partial charge in [-0.2, -0.15) is 5.10 Å². The number of hydrogen-bond acceptors (Lipinski definition) is 6. The molecule has 1 aliphatic rings. The summed E-state index contributed by atoms with van der Waals surface area (Å²) in [6.45, 7) is 5.01. The van der Waals surface area contributed by atoms with Crippen LogP contribution >= 0.6 is 36.2 Å². The molecule has 0 radical (unpaired) electrons. The molecular formula is C22H29Cl2N5O2S. The lowest BCUT2D eigenvalue weighted by Crippen LogP contribution is -2.47. The standard InChI is InChI=1S/C22H27N5O2S.2ClH/c1-29-19-6-3-2-5-18(19)26-12-10-25(11-13-26)9-8-17-15-24-27(16-21(23)28)22(17)20-7-4-14-30-20;;/h2-7,14-15H,8-13,16H2,1H3,(H2,23,28);2*1H. The number of ether oxygens (including phenoxy) is 1. The van der Waals surface area contributed by atoms with Crippen LogP contribution in [0, 0.1) is 0 Å². The third-order valence-corrected chi connectivity index (χ3v) is 6.35. The number of piperazine rings is 1. The van der Waals surface area contributed by atoms with Gasteiger partial charge in [-0.25, -0.2) is 0 Å². The topological polar surface area (TPSA) is 76.6 Å². The maximum absolute atomic E-state index is 11.4. The van der Waals surface area contributed by atoms with Crippen molar-refractivity contribution in [2.75, 3.05) is 44.7 Å². The maximum Gasteiger partial charge on any atom is 0.239 e. The van der Waals surface area contributed by atoms with E-state index in [1.807, 2.05) is 29.8 Å². The van der Waals surface area contributed by atoms with Gasteiger partial charge >= 0.3 is 0 Å². The molecule has 2 aromatic heterocycles. The number of methoxy groups -OCH3 is 1. The van der Waals surface area contributed by atoms with Gasteiger partial charge in [0.25, 0.3) is 0 Å². The van der Waals surface area contributed by atoms with Crippen molar-refractivity contribution in [3.05, 3.63) is 53.5 Å². The van der Waals surface area contributed by atoms with Crippen LogP contribution in [0.15, 0.2) is 48.0 Å². The molecular weight excluding hydrogens is 469 g/mol. The van der Waals surface area contributed by atoms with Crippen LogP contribution in [0.3, 0.4) is 0 Å². The Morgan fingerprint density at radius 2 is 1.88 bits per heavy atom. The predicted molar refractivity (Wildman–Crippen MR) is 135 cm³/mol. The SMILES string of the molecule is COc1ccccc1N1CCN(CCc2cnn(CC(N)=O)c2-c2cccs2)CC1.Cl.Cl. The van der Waals surface area contributed by atoms with Crippen LogP contribution in [-0.4, -0.2) is 60.4 Å². The average molecular weight is 498 g/mol. The quantitative estimate of drug-likeness (QED) is 0.516. The first-order valence-electron chi connectivity index (χ1n) is 10.1. The highest BCUT2D eigenvalue weighted by molar-refractivity contribution is 7.13. The van der Waals surface area contributed by atoms with Crippen molar-refractivity contribution in [1.29, 1.82) is 0 Å². The van der Waals surface area contributed by atoms with Crippen molar-refractivity contribution in [3.63, 3.8) is 0 Å². The minimum atomic E-state index is -0.380. The van der Waals surface area contributed by atoms with Gasteiger partial charge in [-0.15, -0.1) is 36.2 Å². The number of amides is 1. The highest BCUT2D eigenvalue weighted by Crippen LogP contribution is 2.30. The molecule has 1 aromatic carbocycles. The van der Waals surface area contributed by atoms with Crippen molar-refractivity contribution in [2.24, 2.45) is 5.73 Å². The van der Waals surface area contributed by atoms with Crippen molar-refractivity contribution in [2.45, 2.75) is 13.0 Å². The molecule has 4 rings (SSSR count). The van der Waals surface area contributed by atoms with E-state index in [0.717, 1.165) is 66.7 Å². The summed E-state index contributed by atoms with van der Waals surface area (Å²) in [5, 5.41) is 6.47. The van der Waals surface area contributed by atoms with Gasteiger partial charge in [0.2, 0.25) is 5.91 Å². The molecule has 1 amide bonds. The van der Waals surface area contributed by atoms with Gasteiger partial charge in [-0.05, 0) is 30.0 Å². The number of aromatic nitrogens is 2. The van der Waals surface area contributed by atoms with E-state index in [1.54, 1.807) is 23.1 Å². The zero-order valence-electron chi connectivity index (χ0n) is 18.0. The number of nitrogens with zero attached hydrogens (tertiary/aromatic N) is 4. The zero-order chi connectivity index (χ0) is 20.9. The lowest BCUT2D eigenvalue weighted by molar-refractivity contribution is -0.118. The van der Waals surface area contributed by atoms with Gasteiger partial charge in [-0.1, -0.05) is 18.2 Å². The number of rotatable bonds is 8. The summed E-state index contributed by atoms with van der Waals surface area (Å²) in [5.74, 6) is 0.545. The normalized spacial score (nSPS) is 13.8. The molecule has 174 valence electrons. The number of primary amides is 1. The molecule has 0 spiro atoms. The number of thiophene rings is 1. The summed E-state index contributed by atoms with van der Waals surface area (Å²) < 4.78 is 7.24. The van der Waals surface area contributed by atoms with Crippen molar-refractivity contribution in [3.8, 4) is 16.3 Å². The molecule has 32 heavy (non-hydrogen) atoms. The fraction of sp³-hybridized carbons (Fsp3) is 0.364. The van der Waals surface area contributed by atoms with E-state index in [2.05, 4.69) is 33.1 Å². The Morgan fingerprint density at radius 3 is 2.53 bits per heavy atom. The number of para-hydroxylation sites is 2. The smallest absolute Gasteiger partial charge is 0.239 e. The Balaban J connectivity index is 0.00000181. The van der Waals surface area contributed by atoms with E-state index < -0.39 is 0 Å². The first kappa shape index (κ1) is 26.0. The van der Waals surface area contributed by atoms with Crippen LogP contribution in [0.25, 0.3) is 10.6 Å². The number of nitrogens with two attached hydrogens (primary N) is 1. The van der Waals surface area contributed by atoms with Gasteiger partial charge in [0.05, 0.1) is 29.6 Å². The number of hydrogen-bond donors (Lipinski definition) is 1. The van der Waals surface area contributed by atoms with E-state index in [9.17, 15) is 4.79 Å². The average Bonchev–Trinajstić information content (AvgIpc) is 3.42. The number of benzene rings is 1. The lowest BCUT2D eigenvalue weighted by Gasteiger charge is -2.36. The van der Waals surface area contributed by atoms with Crippen LogP contribution in [0.1, 0.15) is 5.56 Å². The summed E-state index contributed by atoms with van der Waals surface area (Å²) in [6, 6.07) is 12.3. The van der Waals surface area contributed by atoms with Crippen LogP contribution < -0.4 is 15.4 Å². The van der Waals surface area contributed by atoms with Crippen LogP contribution in [-0.2, 0) is 17.8 Å². The first-order chi connectivity index (χ1) is 14.7. The Morgan fingerprint density at radius 1 is 1.12 bits per heavy atom. The number of carbonyl (C=O) groups excluding carboxylic acids is 1. The number of carbonyl (C=O) groups is 1. The molecule has 0 atom stereocenters. The predicted octanol–water partition coefficient (Wildman–Crippen LogP) is 3.31. The largest absolute Gasteiger partial charge is 0.495 e. The second-order valence-electron chi connectivity index (χ2n) is 7.37. The molecule has 7 nitrogen and oxygen atoms in total. The Kier molecular flexibility index (Phi) is 9.84. The number of halogens is 2. The number of anilines is 1. The minimum Gasteiger partial charge on any atom is -0.495 e. The van der Waals surface area contributed by atoms with E-state index in [-0.39, 0.29) is 37.3 Å². The Labute approximate surface area is 205 Å². The van der Waals surface area contributed by atoms with Crippen molar-refractivity contribution in [1.82, 2.24) is 14.7 Å². The molecule has 0 aliphatic carbocycles. The van der Waals surface area contributed by atoms with Gasteiger partial charge < -0.3 is 15.4 Å². The summed E-state index contributed by atoms with van der Waals surface area (Å²) in [4.78, 5) is 17.4. The second-order valence-corrected chi connectivity index (χ2v) is 8.32. The summed E-state index contributed by atoms with van der Waals surface area (Å²) in [6.07, 6.45) is 2.77. The van der Waals surface area contributed by atoms with Gasteiger partial charge in [-0.3, -0.25) is 14.4 Å². The van der Waals surface area contributed by atoms with E-state index in [4.69, 9.17) is 10.5 Å². The van der Waals surface area contributed by atoms with Crippen molar-refractivity contribution >= 4 is 47.7 Å². The summed E-state index contributed by atoms with van der Waals surface area (Å²) in [5.41, 5.74) is 8.74. The molecule has 0 unspecified atom stereocenters. The molecule has 2 N–H and O–H groups in total. The molecule has 3 heterocycles. The third kappa shape index (κ3) is 5.95. The summed E-state index contributed by atoms with van der Waals surface area (Å²) in [7, 11) is 1.72. The zero-order valence-corrected chi connectivity index (χ0v) is 20.4. The molecule has 10 heteroatoms. The molecule has 0 saturated carbocycles. The van der Waals surface area contributed by atoms with Crippen LogP contribution in [0.2, 0.25) is 0 Å². The Hall–Kier alpha value is -2.26. The lowest BCUT2D eigenvalue weighted by atomic mass is 10.1. The maximum atomic E-state index is 11.4. The summed E-state index contributed by atoms with van der Waals surface area (Å²) >= 11 is 1.65. The highest BCUT2D eigenvalue weighted by Gasteiger charge is 2.21. The Bertz CT molecular complexity index is 988. The van der Waals surface area contributed by atoms with E-state index in [1.165, 1.54) is 0 Å². The molecule has 1 aliphatic heterocycles. The highest BCUT2D eigenvalue weighted by atomic mass is 35.5. The molecule has 0 bridgehead atoms. The fourth-order valence-corrected chi connectivity index (χ4v) is 4.76.